The first-order chi connectivity index (χ1) is 13.2. The fourth-order valence-electron chi connectivity index (χ4n) is 4.42. The second-order valence-electron chi connectivity index (χ2n) is 7.31. The molecular weight excluding hydrogens is 362 g/mol. The number of nitrogens with two attached hydrogens (primary N) is 1. The van der Waals surface area contributed by atoms with Crippen LogP contribution in [0.4, 0.5) is 10.5 Å². The summed E-state index contributed by atoms with van der Waals surface area (Å²) in [7, 11) is -1.09. The number of nitrogens with zero attached hydrogens (tertiary/aromatic N) is 3. The molecule has 8 heteroatoms. The van der Waals surface area contributed by atoms with E-state index in [-0.39, 0.29) is 6.03 Å². The standard InChI is InChI=1S/C19H23N5O2S/c20-27(16-11-21-24-8-3-9-26-18(16)24)23-19(25)22-17-14-6-1-4-12(14)10-13-5-2-7-15(13)17/h10-11H,1-9H2,(H3,20,22,23,25). The molecule has 1 aromatic heterocycles. The van der Waals surface area contributed by atoms with Crippen molar-refractivity contribution in [3.8, 4) is 5.88 Å². The summed E-state index contributed by atoms with van der Waals surface area (Å²) in [5.41, 5.74) is 6.36. The van der Waals surface area contributed by atoms with Crippen LogP contribution in [-0.4, -0.2) is 22.4 Å². The number of hydrogen-bond donors (Lipinski definition) is 2. The molecule has 0 fully saturated rings. The summed E-state index contributed by atoms with van der Waals surface area (Å²) < 4.78 is 11.7. The van der Waals surface area contributed by atoms with E-state index in [0.29, 0.717) is 17.4 Å². The first-order valence-electron chi connectivity index (χ1n) is 9.57. The average molecular weight is 385 g/mol. The number of aromatic nitrogens is 2. The SMILES string of the molecule is N/S(=N\C(=O)Nc1c2c(cc3c1CCC3)CCC2)c1cnn2c1OCCC2. The van der Waals surface area contributed by atoms with Gasteiger partial charge in [0.1, 0.15) is 4.90 Å². The van der Waals surface area contributed by atoms with E-state index in [1.54, 1.807) is 10.9 Å². The molecule has 3 N–H and O–H groups in total. The zero-order valence-corrected chi connectivity index (χ0v) is 16.0. The summed E-state index contributed by atoms with van der Waals surface area (Å²) in [6.45, 7) is 1.45. The van der Waals surface area contributed by atoms with Crippen LogP contribution in [0.25, 0.3) is 0 Å². The van der Waals surface area contributed by atoms with Gasteiger partial charge in [0.15, 0.2) is 0 Å². The van der Waals surface area contributed by atoms with Gasteiger partial charge in [-0.05, 0) is 60.8 Å². The van der Waals surface area contributed by atoms with Crippen molar-refractivity contribution in [3.05, 3.63) is 34.5 Å². The van der Waals surface area contributed by atoms with Crippen molar-refractivity contribution < 1.29 is 9.53 Å². The van der Waals surface area contributed by atoms with Crippen LogP contribution in [0.15, 0.2) is 21.5 Å². The maximum Gasteiger partial charge on any atom is 0.352 e. The number of carbonyl (C=O) groups excluding carboxylic acids is 1. The number of carbonyl (C=O) groups is 1. The molecule has 0 radical (unpaired) electrons. The van der Waals surface area contributed by atoms with Gasteiger partial charge in [0, 0.05) is 29.5 Å². The van der Waals surface area contributed by atoms with E-state index in [9.17, 15) is 4.79 Å². The summed E-state index contributed by atoms with van der Waals surface area (Å²) in [5, 5.41) is 13.6. The number of urea groups is 1. The number of amides is 2. The lowest BCUT2D eigenvalue weighted by Gasteiger charge is -2.16. The van der Waals surface area contributed by atoms with E-state index in [2.05, 4.69) is 20.8 Å². The number of rotatable bonds is 2. The third-order valence-electron chi connectivity index (χ3n) is 5.62. The average Bonchev–Trinajstić information content (AvgIpc) is 3.40. The molecule has 0 bridgehead atoms. The van der Waals surface area contributed by atoms with Crippen molar-refractivity contribution in [1.29, 1.82) is 0 Å². The summed E-state index contributed by atoms with van der Waals surface area (Å²) >= 11 is 0. The summed E-state index contributed by atoms with van der Waals surface area (Å²) in [5.74, 6) is 0.644. The summed E-state index contributed by atoms with van der Waals surface area (Å²) in [6.07, 6.45) is 9.15. The molecule has 2 aromatic rings. The molecule has 5 rings (SSSR count). The number of fused-ring (bicyclic) bond motifs is 3. The monoisotopic (exact) mass is 385 g/mol. The summed E-state index contributed by atoms with van der Waals surface area (Å²) in [4.78, 5) is 13.4. The first kappa shape index (κ1) is 16.9. The molecule has 27 heavy (non-hydrogen) atoms. The number of ether oxygens (including phenoxy) is 1. The Morgan fingerprint density at radius 3 is 2.67 bits per heavy atom. The largest absolute Gasteiger partial charge is 0.477 e. The van der Waals surface area contributed by atoms with Crippen molar-refractivity contribution in [3.63, 3.8) is 0 Å². The van der Waals surface area contributed by atoms with Gasteiger partial charge >= 0.3 is 6.03 Å². The van der Waals surface area contributed by atoms with Gasteiger partial charge in [-0.1, -0.05) is 6.07 Å². The molecule has 0 saturated carbocycles. The van der Waals surface area contributed by atoms with Gasteiger partial charge in [-0.25, -0.2) is 9.48 Å². The van der Waals surface area contributed by atoms with Crippen LogP contribution in [0, 0.1) is 0 Å². The Labute approximate surface area is 160 Å². The van der Waals surface area contributed by atoms with Gasteiger partial charge in [-0.15, -0.1) is 0 Å². The quantitative estimate of drug-likeness (QED) is 0.831. The topological polar surface area (TPSA) is 94.5 Å². The molecule has 7 nitrogen and oxygen atoms in total. The van der Waals surface area contributed by atoms with Crippen LogP contribution in [-0.2, 0) is 43.1 Å². The molecule has 1 unspecified atom stereocenters. The normalized spacial score (nSPS) is 18.6. The highest BCUT2D eigenvalue weighted by molar-refractivity contribution is 7.85. The van der Waals surface area contributed by atoms with E-state index < -0.39 is 10.9 Å². The lowest BCUT2D eigenvalue weighted by molar-refractivity contribution is 0.225. The lowest BCUT2D eigenvalue weighted by Crippen LogP contribution is -2.17. The van der Waals surface area contributed by atoms with Gasteiger partial charge in [-0.2, -0.15) is 9.46 Å². The minimum Gasteiger partial charge on any atom is -0.477 e. The zero-order chi connectivity index (χ0) is 18.4. The highest BCUT2D eigenvalue weighted by Gasteiger charge is 2.25. The van der Waals surface area contributed by atoms with Gasteiger partial charge < -0.3 is 10.1 Å². The predicted molar refractivity (Wildman–Crippen MR) is 104 cm³/mol. The van der Waals surface area contributed by atoms with E-state index in [0.717, 1.165) is 57.2 Å². The molecule has 0 saturated heterocycles. The summed E-state index contributed by atoms with van der Waals surface area (Å²) in [6, 6.07) is 1.97. The van der Waals surface area contributed by atoms with Crippen LogP contribution in [0.3, 0.4) is 0 Å². The second kappa shape index (κ2) is 6.76. The Kier molecular flexibility index (Phi) is 4.24. The van der Waals surface area contributed by atoms with Crippen molar-refractivity contribution in [2.45, 2.75) is 56.4 Å². The van der Waals surface area contributed by atoms with Crippen molar-refractivity contribution in [2.24, 2.45) is 9.50 Å². The van der Waals surface area contributed by atoms with E-state index in [1.165, 1.54) is 22.3 Å². The number of hydrogen-bond acceptors (Lipinski definition) is 3. The zero-order valence-electron chi connectivity index (χ0n) is 15.2. The molecule has 3 aliphatic rings. The minimum atomic E-state index is -1.09. The van der Waals surface area contributed by atoms with E-state index in [4.69, 9.17) is 9.88 Å². The number of benzene rings is 1. The van der Waals surface area contributed by atoms with Crippen molar-refractivity contribution in [1.82, 2.24) is 9.78 Å². The Morgan fingerprint density at radius 2 is 1.93 bits per heavy atom. The molecule has 1 aliphatic heterocycles. The predicted octanol–water partition coefficient (Wildman–Crippen LogP) is 2.91. The van der Waals surface area contributed by atoms with Crippen LogP contribution in [0.5, 0.6) is 5.88 Å². The van der Waals surface area contributed by atoms with Gasteiger partial charge in [0.2, 0.25) is 5.88 Å². The molecule has 142 valence electrons. The highest BCUT2D eigenvalue weighted by atomic mass is 32.2. The lowest BCUT2D eigenvalue weighted by atomic mass is 9.99. The highest BCUT2D eigenvalue weighted by Crippen LogP contribution is 2.38. The van der Waals surface area contributed by atoms with Gasteiger partial charge in [0.25, 0.3) is 0 Å². The maximum atomic E-state index is 12.7. The van der Waals surface area contributed by atoms with Crippen LogP contribution in [0.1, 0.15) is 41.5 Å². The van der Waals surface area contributed by atoms with E-state index >= 15 is 0 Å². The second-order valence-corrected chi connectivity index (χ2v) is 8.56. The minimum absolute atomic E-state index is 0.383. The third-order valence-corrected chi connectivity index (χ3v) is 6.72. The van der Waals surface area contributed by atoms with E-state index in [1.807, 2.05) is 0 Å². The Morgan fingerprint density at radius 1 is 1.19 bits per heavy atom. The molecule has 1 atom stereocenters. The third kappa shape index (κ3) is 2.96. The van der Waals surface area contributed by atoms with Crippen LogP contribution >= 0.6 is 0 Å². The van der Waals surface area contributed by atoms with Gasteiger partial charge in [-0.3, -0.25) is 5.14 Å². The number of aryl methyl sites for hydroxylation is 3. The first-order valence-corrected chi connectivity index (χ1v) is 10.8. The molecule has 2 amide bonds. The molecule has 1 aromatic carbocycles. The molecule has 2 heterocycles. The smallest absolute Gasteiger partial charge is 0.352 e. The van der Waals surface area contributed by atoms with Crippen molar-refractivity contribution in [2.75, 3.05) is 11.9 Å². The Bertz CT molecular complexity index is 933. The molecule has 2 aliphatic carbocycles. The van der Waals surface area contributed by atoms with Crippen LogP contribution in [0.2, 0.25) is 0 Å². The fourth-order valence-corrected chi connectivity index (χ4v) is 5.24. The molecular formula is C19H23N5O2S. The maximum absolute atomic E-state index is 12.7. The van der Waals surface area contributed by atoms with Crippen molar-refractivity contribution >= 4 is 22.6 Å². The Balaban J connectivity index is 1.43. The number of nitrogens with one attached hydrogen (secondary N) is 1. The van der Waals surface area contributed by atoms with Gasteiger partial charge in [0.05, 0.1) is 12.8 Å². The Hall–Kier alpha value is -2.19. The number of anilines is 1. The molecule has 0 spiro atoms. The fraction of sp³-hybridized carbons (Fsp3) is 0.474. The van der Waals surface area contributed by atoms with Crippen LogP contribution < -0.4 is 15.2 Å².